The Balaban J connectivity index is 1.52. The summed E-state index contributed by atoms with van der Waals surface area (Å²) in [6.45, 7) is 8.92. The molecule has 1 amide bonds. The fourth-order valence-corrected chi connectivity index (χ4v) is 3.73. The molecule has 2 fully saturated rings. The lowest BCUT2D eigenvalue weighted by molar-refractivity contribution is -0.142. The Kier molecular flexibility index (Phi) is 8.00. The van der Waals surface area contributed by atoms with E-state index in [-0.39, 0.29) is 18.1 Å². The molecule has 3 rings (SSSR count). The number of carbonyl (C=O) groups excluding carboxylic acids is 1. The third-order valence-corrected chi connectivity index (χ3v) is 5.41. The summed E-state index contributed by atoms with van der Waals surface area (Å²) in [5, 5.41) is 3.95. The number of aliphatic imine (C=N–C) groups is 1. The first kappa shape index (κ1) is 21.7. The number of guanidine groups is 1. The van der Waals surface area contributed by atoms with Crippen LogP contribution in [0.1, 0.15) is 26.7 Å². The highest BCUT2D eigenvalue weighted by molar-refractivity contribution is 6.32. The minimum absolute atomic E-state index is 0.106. The Bertz CT molecular complexity index is 701. The van der Waals surface area contributed by atoms with Crippen LogP contribution in [0.4, 0.5) is 0 Å². The molecule has 2 atom stereocenters. The van der Waals surface area contributed by atoms with Crippen molar-refractivity contribution in [2.24, 2.45) is 4.99 Å². The maximum Gasteiger partial charge on any atom is 0.251 e. The van der Waals surface area contributed by atoms with Crippen molar-refractivity contribution in [2.75, 3.05) is 45.9 Å². The average Bonchev–Trinajstić information content (AvgIpc) is 3.27. The lowest BCUT2D eigenvalue weighted by Crippen LogP contribution is -2.55. The van der Waals surface area contributed by atoms with Crippen LogP contribution < -0.4 is 10.1 Å². The molecule has 1 aromatic rings. The summed E-state index contributed by atoms with van der Waals surface area (Å²) in [6, 6.07) is 7.45. The lowest BCUT2D eigenvalue weighted by atomic mass is 10.2. The SMILES string of the molecule is CCNC(=NCC(C)Oc1ccccc1Cl)N1CCN(C(=O)C2CCCO2)CC1. The molecule has 0 spiro atoms. The second-order valence-corrected chi connectivity index (χ2v) is 7.77. The minimum Gasteiger partial charge on any atom is -0.487 e. The molecule has 2 heterocycles. The van der Waals surface area contributed by atoms with Gasteiger partial charge < -0.3 is 24.6 Å². The van der Waals surface area contributed by atoms with E-state index in [1.54, 1.807) is 0 Å². The zero-order valence-corrected chi connectivity index (χ0v) is 18.0. The van der Waals surface area contributed by atoms with Crippen molar-refractivity contribution >= 4 is 23.5 Å². The number of hydrogen-bond acceptors (Lipinski definition) is 4. The van der Waals surface area contributed by atoms with Gasteiger partial charge in [-0.15, -0.1) is 0 Å². The van der Waals surface area contributed by atoms with Crippen molar-refractivity contribution in [1.82, 2.24) is 15.1 Å². The van der Waals surface area contributed by atoms with Crippen LogP contribution in [0, 0.1) is 0 Å². The van der Waals surface area contributed by atoms with Gasteiger partial charge in [-0.3, -0.25) is 4.79 Å². The fraction of sp³-hybridized carbons (Fsp3) is 0.619. The van der Waals surface area contributed by atoms with Gasteiger partial charge in [-0.1, -0.05) is 23.7 Å². The largest absolute Gasteiger partial charge is 0.487 e. The third kappa shape index (κ3) is 6.00. The molecule has 2 aliphatic heterocycles. The van der Waals surface area contributed by atoms with Crippen LogP contribution in [0.25, 0.3) is 0 Å². The first-order chi connectivity index (χ1) is 14.1. The van der Waals surface area contributed by atoms with E-state index in [4.69, 9.17) is 26.1 Å². The van der Waals surface area contributed by atoms with Crippen molar-refractivity contribution in [3.05, 3.63) is 29.3 Å². The van der Waals surface area contributed by atoms with Crippen LogP contribution in [-0.4, -0.2) is 79.7 Å². The van der Waals surface area contributed by atoms with Gasteiger partial charge in [0.15, 0.2) is 5.96 Å². The second kappa shape index (κ2) is 10.7. The number of piperazine rings is 1. The molecule has 0 saturated carbocycles. The van der Waals surface area contributed by atoms with Gasteiger partial charge in [-0.05, 0) is 38.8 Å². The molecule has 160 valence electrons. The van der Waals surface area contributed by atoms with Crippen LogP contribution in [-0.2, 0) is 9.53 Å². The molecule has 0 bridgehead atoms. The zero-order chi connectivity index (χ0) is 20.6. The highest BCUT2D eigenvalue weighted by Crippen LogP contribution is 2.24. The van der Waals surface area contributed by atoms with E-state index in [1.807, 2.05) is 36.1 Å². The van der Waals surface area contributed by atoms with E-state index in [9.17, 15) is 4.79 Å². The van der Waals surface area contributed by atoms with E-state index in [0.717, 1.165) is 38.4 Å². The van der Waals surface area contributed by atoms with Crippen LogP contribution in [0.3, 0.4) is 0 Å². The van der Waals surface area contributed by atoms with Gasteiger partial charge in [-0.25, -0.2) is 4.99 Å². The van der Waals surface area contributed by atoms with E-state index in [0.29, 0.717) is 37.0 Å². The van der Waals surface area contributed by atoms with E-state index in [1.165, 1.54) is 0 Å². The number of ether oxygens (including phenoxy) is 2. The smallest absolute Gasteiger partial charge is 0.251 e. The Labute approximate surface area is 178 Å². The van der Waals surface area contributed by atoms with E-state index >= 15 is 0 Å². The van der Waals surface area contributed by atoms with Gasteiger partial charge in [0, 0.05) is 39.3 Å². The van der Waals surface area contributed by atoms with Gasteiger partial charge in [0.2, 0.25) is 0 Å². The zero-order valence-electron chi connectivity index (χ0n) is 17.3. The molecule has 2 saturated heterocycles. The van der Waals surface area contributed by atoms with E-state index in [2.05, 4.69) is 17.1 Å². The Morgan fingerprint density at radius 3 is 2.69 bits per heavy atom. The number of nitrogens with zero attached hydrogens (tertiary/aromatic N) is 3. The average molecular weight is 423 g/mol. The van der Waals surface area contributed by atoms with Crippen molar-refractivity contribution in [1.29, 1.82) is 0 Å². The van der Waals surface area contributed by atoms with Crippen molar-refractivity contribution in [2.45, 2.75) is 38.9 Å². The van der Waals surface area contributed by atoms with Gasteiger partial charge in [-0.2, -0.15) is 0 Å². The molecule has 29 heavy (non-hydrogen) atoms. The van der Waals surface area contributed by atoms with Crippen molar-refractivity contribution in [3.8, 4) is 5.75 Å². The first-order valence-electron chi connectivity index (χ1n) is 10.4. The molecule has 1 aromatic carbocycles. The summed E-state index contributed by atoms with van der Waals surface area (Å²) in [5.74, 6) is 1.65. The van der Waals surface area contributed by atoms with Crippen LogP contribution >= 0.6 is 11.6 Å². The molecule has 2 aliphatic rings. The molecule has 0 aromatic heterocycles. The van der Waals surface area contributed by atoms with Gasteiger partial charge in [0.25, 0.3) is 5.91 Å². The molecule has 2 unspecified atom stereocenters. The quantitative estimate of drug-likeness (QED) is 0.563. The Morgan fingerprint density at radius 2 is 2.03 bits per heavy atom. The topological polar surface area (TPSA) is 66.4 Å². The Hall–Kier alpha value is -1.99. The standard InChI is InChI=1S/C21H31ClN4O3/c1-3-23-21(24-15-16(2)29-18-8-5-4-7-17(18)22)26-12-10-25(11-13-26)20(27)19-9-6-14-28-19/h4-5,7-8,16,19H,3,6,9-15H2,1-2H3,(H,23,24). The summed E-state index contributed by atoms with van der Waals surface area (Å²) in [7, 11) is 0. The van der Waals surface area contributed by atoms with Crippen molar-refractivity contribution in [3.63, 3.8) is 0 Å². The summed E-state index contributed by atoms with van der Waals surface area (Å²) in [6.07, 6.45) is 1.46. The van der Waals surface area contributed by atoms with Crippen LogP contribution in [0.5, 0.6) is 5.75 Å². The third-order valence-electron chi connectivity index (χ3n) is 5.09. The molecular formula is C21H31ClN4O3. The number of para-hydroxylation sites is 1. The first-order valence-corrected chi connectivity index (χ1v) is 10.8. The molecule has 0 aliphatic carbocycles. The molecule has 8 heteroatoms. The number of nitrogens with one attached hydrogen (secondary N) is 1. The number of hydrogen-bond donors (Lipinski definition) is 1. The predicted molar refractivity (Wildman–Crippen MR) is 115 cm³/mol. The minimum atomic E-state index is -0.244. The monoisotopic (exact) mass is 422 g/mol. The molecular weight excluding hydrogens is 392 g/mol. The number of carbonyl (C=O) groups is 1. The van der Waals surface area contributed by atoms with Crippen LogP contribution in [0.2, 0.25) is 5.02 Å². The summed E-state index contributed by atoms with van der Waals surface area (Å²) in [5.41, 5.74) is 0. The normalized spacial score (nSPS) is 21.2. The number of halogens is 1. The molecule has 1 N–H and O–H groups in total. The Morgan fingerprint density at radius 1 is 1.31 bits per heavy atom. The number of amides is 1. The van der Waals surface area contributed by atoms with Crippen molar-refractivity contribution < 1.29 is 14.3 Å². The van der Waals surface area contributed by atoms with Gasteiger partial charge in [0.05, 0.1) is 11.6 Å². The molecule has 0 radical (unpaired) electrons. The highest BCUT2D eigenvalue weighted by atomic mass is 35.5. The van der Waals surface area contributed by atoms with Gasteiger partial charge >= 0.3 is 0 Å². The molecule has 7 nitrogen and oxygen atoms in total. The summed E-state index contributed by atoms with van der Waals surface area (Å²) < 4.78 is 11.5. The fourth-order valence-electron chi connectivity index (χ4n) is 3.55. The maximum atomic E-state index is 12.5. The van der Waals surface area contributed by atoms with E-state index < -0.39 is 0 Å². The lowest BCUT2D eigenvalue weighted by Gasteiger charge is -2.37. The van der Waals surface area contributed by atoms with Gasteiger partial charge in [0.1, 0.15) is 18.0 Å². The summed E-state index contributed by atoms with van der Waals surface area (Å²) >= 11 is 6.17. The highest BCUT2D eigenvalue weighted by Gasteiger charge is 2.30. The second-order valence-electron chi connectivity index (χ2n) is 7.37. The predicted octanol–water partition coefficient (Wildman–Crippen LogP) is 2.40. The number of benzene rings is 1. The maximum absolute atomic E-state index is 12.5. The number of rotatable bonds is 6. The van der Waals surface area contributed by atoms with Crippen LogP contribution in [0.15, 0.2) is 29.3 Å². The summed E-state index contributed by atoms with van der Waals surface area (Å²) in [4.78, 5) is 21.4.